The molecule has 0 spiro atoms. The highest BCUT2D eigenvalue weighted by molar-refractivity contribution is 14.0. The number of nitrogens with two attached hydrogens (primary N) is 1. The fourth-order valence-electron chi connectivity index (χ4n) is 2.23. The van der Waals surface area contributed by atoms with Gasteiger partial charge in [0, 0.05) is 18.8 Å². The first-order chi connectivity index (χ1) is 11.1. The maximum Gasteiger partial charge on any atom is 0.291 e. The van der Waals surface area contributed by atoms with E-state index < -0.39 is 0 Å². The average molecular weight is 440 g/mol. The summed E-state index contributed by atoms with van der Waals surface area (Å²) in [4.78, 5) is 18.3. The van der Waals surface area contributed by atoms with Gasteiger partial charge in [-0.2, -0.15) is 0 Å². The van der Waals surface area contributed by atoms with Gasteiger partial charge in [0.15, 0.2) is 11.7 Å². The van der Waals surface area contributed by atoms with Crippen LogP contribution in [0.15, 0.2) is 52.1 Å². The van der Waals surface area contributed by atoms with Gasteiger partial charge in [-0.05, 0) is 42.7 Å². The van der Waals surface area contributed by atoms with Crippen molar-refractivity contribution >= 4 is 41.5 Å². The van der Waals surface area contributed by atoms with E-state index in [4.69, 9.17) is 10.2 Å². The number of guanidine groups is 1. The van der Waals surface area contributed by atoms with E-state index in [0.717, 1.165) is 5.56 Å². The van der Waals surface area contributed by atoms with Gasteiger partial charge in [0.1, 0.15) is 0 Å². The normalized spacial score (nSPS) is 14.0. The number of benzene rings is 1. The van der Waals surface area contributed by atoms with Crippen molar-refractivity contribution in [2.24, 2.45) is 10.7 Å². The van der Waals surface area contributed by atoms with Gasteiger partial charge in [0.25, 0.3) is 5.91 Å². The predicted octanol–water partition coefficient (Wildman–Crippen LogP) is 3.06. The molecule has 128 valence electrons. The maximum absolute atomic E-state index is 11.9. The number of carbonyl (C=O) groups is 1. The molecule has 3 rings (SSSR count). The Hall–Kier alpha value is -2.03. The lowest BCUT2D eigenvalue weighted by atomic mass is 10.2. The fourth-order valence-corrected chi connectivity index (χ4v) is 2.23. The van der Waals surface area contributed by atoms with Crippen molar-refractivity contribution in [3.05, 3.63) is 54.0 Å². The van der Waals surface area contributed by atoms with Crippen molar-refractivity contribution in [1.82, 2.24) is 4.90 Å². The standard InChI is InChI=1S/C17H20N4O2.HI/c1-21(14-8-9-14)17(18)19-11-12-4-6-13(7-5-12)20-16(22)15-3-2-10-23-15;/h2-7,10,14H,8-9,11H2,1H3,(H2,18,19)(H,20,22);1H. The van der Waals surface area contributed by atoms with Gasteiger partial charge in [-0.15, -0.1) is 24.0 Å². The molecule has 1 amide bonds. The van der Waals surface area contributed by atoms with E-state index in [9.17, 15) is 4.79 Å². The monoisotopic (exact) mass is 440 g/mol. The number of carbonyl (C=O) groups excluding carboxylic acids is 1. The molecule has 2 aromatic rings. The van der Waals surface area contributed by atoms with Gasteiger partial charge < -0.3 is 20.4 Å². The molecule has 1 heterocycles. The van der Waals surface area contributed by atoms with E-state index >= 15 is 0 Å². The van der Waals surface area contributed by atoms with Crippen LogP contribution in [0.1, 0.15) is 29.0 Å². The van der Waals surface area contributed by atoms with Gasteiger partial charge >= 0.3 is 0 Å². The Kier molecular flexibility index (Phi) is 6.24. The highest BCUT2D eigenvalue weighted by atomic mass is 127. The van der Waals surface area contributed by atoms with Crippen molar-refractivity contribution in [3.8, 4) is 0 Å². The molecule has 0 aliphatic heterocycles. The first kappa shape index (κ1) is 18.3. The molecule has 3 N–H and O–H groups in total. The summed E-state index contributed by atoms with van der Waals surface area (Å²) < 4.78 is 5.05. The van der Waals surface area contributed by atoms with Gasteiger partial charge in [-0.3, -0.25) is 4.79 Å². The van der Waals surface area contributed by atoms with E-state index in [2.05, 4.69) is 10.3 Å². The summed E-state index contributed by atoms with van der Waals surface area (Å²) in [5.74, 6) is 0.591. The van der Waals surface area contributed by atoms with Crippen LogP contribution < -0.4 is 11.1 Å². The molecule has 0 atom stereocenters. The zero-order valence-electron chi connectivity index (χ0n) is 13.4. The van der Waals surface area contributed by atoms with Gasteiger partial charge in [-0.1, -0.05) is 12.1 Å². The molecule has 0 bridgehead atoms. The lowest BCUT2D eigenvalue weighted by Gasteiger charge is -2.16. The Balaban J connectivity index is 0.00000208. The van der Waals surface area contributed by atoms with Crippen LogP contribution >= 0.6 is 24.0 Å². The Morgan fingerprint density at radius 2 is 2.04 bits per heavy atom. The van der Waals surface area contributed by atoms with Crippen molar-refractivity contribution < 1.29 is 9.21 Å². The number of rotatable bonds is 5. The third-order valence-electron chi connectivity index (χ3n) is 3.84. The van der Waals surface area contributed by atoms with Crippen molar-refractivity contribution in [2.45, 2.75) is 25.4 Å². The minimum absolute atomic E-state index is 0. The average Bonchev–Trinajstić information content (AvgIpc) is 3.27. The molecular weight excluding hydrogens is 419 g/mol. The number of aliphatic imine (C=N–C) groups is 1. The number of furan rings is 1. The summed E-state index contributed by atoms with van der Waals surface area (Å²) >= 11 is 0. The minimum atomic E-state index is -0.268. The quantitative estimate of drug-likeness (QED) is 0.425. The van der Waals surface area contributed by atoms with Crippen LogP contribution in [0.5, 0.6) is 0 Å². The zero-order valence-corrected chi connectivity index (χ0v) is 15.8. The summed E-state index contributed by atoms with van der Waals surface area (Å²) in [5, 5.41) is 2.78. The number of halogens is 1. The Bertz CT molecular complexity index is 694. The minimum Gasteiger partial charge on any atom is -0.459 e. The van der Waals surface area contributed by atoms with E-state index in [-0.39, 0.29) is 35.6 Å². The molecule has 1 fully saturated rings. The van der Waals surface area contributed by atoms with Crippen molar-refractivity contribution in [2.75, 3.05) is 12.4 Å². The maximum atomic E-state index is 11.9. The fraction of sp³-hybridized carbons (Fsp3) is 0.294. The van der Waals surface area contributed by atoms with Gasteiger partial charge in [-0.25, -0.2) is 4.99 Å². The van der Waals surface area contributed by atoms with Crippen LogP contribution in [-0.2, 0) is 6.54 Å². The third kappa shape index (κ3) is 4.73. The summed E-state index contributed by atoms with van der Waals surface area (Å²) in [6, 6.07) is 11.4. The van der Waals surface area contributed by atoms with E-state index in [1.54, 1.807) is 12.1 Å². The molecular formula is C17H21IN4O2. The molecule has 0 saturated heterocycles. The smallest absolute Gasteiger partial charge is 0.291 e. The van der Waals surface area contributed by atoms with E-state index in [1.165, 1.54) is 19.1 Å². The number of hydrogen-bond donors (Lipinski definition) is 2. The molecule has 6 nitrogen and oxygen atoms in total. The molecule has 1 saturated carbocycles. The Labute approximate surface area is 158 Å². The molecule has 1 aromatic carbocycles. The van der Waals surface area contributed by atoms with E-state index in [1.807, 2.05) is 36.2 Å². The van der Waals surface area contributed by atoms with Crippen molar-refractivity contribution in [1.29, 1.82) is 0 Å². The first-order valence-corrected chi connectivity index (χ1v) is 7.60. The zero-order chi connectivity index (χ0) is 16.2. The Morgan fingerprint density at radius 3 is 2.62 bits per heavy atom. The van der Waals surface area contributed by atoms with Crippen LogP contribution in [-0.4, -0.2) is 29.9 Å². The van der Waals surface area contributed by atoms with Gasteiger partial charge in [0.2, 0.25) is 0 Å². The highest BCUT2D eigenvalue weighted by Gasteiger charge is 2.27. The lowest BCUT2D eigenvalue weighted by Crippen LogP contribution is -2.35. The molecule has 1 aliphatic rings. The van der Waals surface area contributed by atoms with Gasteiger partial charge in [0.05, 0.1) is 12.8 Å². The number of anilines is 1. The summed E-state index contributed by atoms with van der Waals surface area (Å²) in [5.41, 5.74) is 7.71. The summed E-state index contributed by atoms with van der Waals surface area (Å²) in [7, 11) is 1.98. The SMILES string of the molecule is CN(C(N)=NCc1ccc(NC(=O)c2ccco2)cc1)C1CC1.I. The second-order valence-corrected chi connectivity index (χ2v) is 5.64. The molecule has 0 radical (unpaired) electrons. The van der Waals surface area contributed by atoms with Crippen LogP contribution in [0.4, 0.5) is 5.69 Å². The van der Waals surface area contributed by atoms with Crippen LogP contribution in [0.25, 0.3) is 0 Å². The molecule has 7 heteroatoms. The lowest BCUT2D eigenvalue weighted by molar-refractivity contribution is 0.0996. The number of nitrogens with one attached hydrogen (secondary N) is 1. The predicted molar refractivity (Wildman–Crippen MR) is 105 cm³/mol. The summed E-state index contributed by atoms with van der Waals surface area (Å²) in [6.07, 6.45) is 3.85. The molecule has 0 unspecified atom stereocenters. The van der Waals surface area contributed by atoms with Crippen LogP contribution in [0, 0.1) is 0 Å². The molecule has 24 heavy (non-hydrogen) atoms. The largest absolute Gasteiger partial charge is 0.459 e. The summed E-state index contributed by atoms with van der Waals surface area (Å²) in [6.45, 7) is 0.523. The molecule has 1 aliphatic carbocycles. The number of nitrogens with zero attached hydrogens (tertiary/aromatic N) is 2. The number of hydrogen-bond acceptors (Lipinski definition) is 3. The number of amides is 1. The van der Waals surface area contributed by atoms with E-state index in [0.29, 0.717) is 24.2 Å². The van der Waals surface area contributed by atoms with Crippen molar-refractivity contribution in [3.63, 3.8) is 0 Å². The first-order valence-electron chi connectivity index (χ1n) is 7.60. The van der Waals surface area contributed by atoms with Crippen LogP contribution in [0.3, 0.4) is 0 Å². The second kappa shape index (κ2) is 8.18. The second-order valence-electron chi connectivity index (χ2n) is 5.64. The highest BCUT2D eigenvalue weighted by Crippen LogP contribution is 2.25. The third-order valence-corrected chi connectivity index (χ3v) is 3.84. The topological polar surface area (TPSA) is 83.9 Å². The Morgan fingerprint density at radius 1 is 1.33 bits per heavy atom. The molecule has 1 aromatic heterocycles. The van der Waals surface area contributed by atoms with Crippen LogP contribution in [0.2, 0.25) is 0 Å².